The first kappa shape index (κ1) is 30.4. The van der Waals surface area contributed by atoms with Crippen LogP contribution >= 0.6 is 0 Å². The molecule has 2 aliphatic rings. The lowest BCUT2D eigenvalue weighted by molar-refractivity contribution is -0.138. The van der Waals surface area contributed by atoms with Gasteiger partial charge < -0.3 is 24.8 Å². The lowest BCUT2D eigenvalue weighted by atomic mass is 10.0. The van der Waals surface area contributed by atoms with Crippen molar-refractivity contribution in [3.8, 4) is 11.1 Å². The van der Waals surface area contributed by atoms with Crippen molar-refractivity contribution in [2.45, 2.75) is 25.3 Å². The quantitative estimate of drug-likeness (QED) is 0.393. The summed E-state index contributed by atoms with van der Waals surface area (Å²) in [6.45, 7) is 4.65. The number of morpholine rings is 1. The van der Waals surface area contributed by atoms with Gasteiger partial charge in [0.05, 0.1) is 48.3 Å². The Balaban J connectivity index is 1.54. The maximum Gasteiger partial charge on any atom is 0.417 e. The van der Waals surface area contributed by atoms with E-state index >= 15 is 8.78 Å². The third-order valence-electron chi connectivity index (χ3n) is 7.68. The fraction of sp³-hybridized carbons (Fsp3) is 0.429. The molecule has 0 spiro atoms. The van der Waals surface area contributed by atoms with Crippen LogP contribution in [0, 0.1) is 5.82 Å². The molecule has 2 fully saturated rings. The van der Waals surface area contributed by atoms with E-state index in [9.17, 15) is 22.8 Å². The summed E-state index contributed by atoms with van der Waals surface area (Å²) in [4.78, 5) is 40.8. The van der Waals surface area contributed by atoms with E-state index in [4.69, 9.17) is 4.74 Å². The van der Waals surface area contributed by atoms with Gasteiger partial charge in [0.1, 0.15) is 12.0 Å². The number of rotatable bonds is 7. The minimum atomic E-state index is -4.99. The van der Waals surface area contributed by atoms with Crippen LogP contribution in [0.15, 0.2) is 41.6 Å². The number of anilines is 3. The smallest absolute Gasteiger partial charge is 0.378 e. The van der Waals surface area contributed by atoms with Gasteiger partial charge in [-0.1, -0.05) is 6.92 Å². The number of ether oxygens (including phenoxy) is 1. The van der Waals surface area contributed by atoms with E-state index in [1.54, 1.807) is 16.8 Å². The summed E-state index contributed by atoms with van der Waals surface area (Å²) in [6, 6.07) is 2.14. The molecule has 2 atom stereocenters. The molecule has 15 heteroatoms. The number of nitrogens with one attached hydrogen (secondary N) is 2. The Kier molecular flexibility index (Phi) is 8.64. The lowest BCUT2D eigenvalue weighted by Gasteiger charge is -2.27. The average molecular weight is 608 g/mol. The summed E-state index contributed by atoms with van der Waals surface area (Å²) in [5.41, 5.74) is -3.03. The van der Waals surface area contributed by atoms with Crippen molar-refractivity contribution >= 4 is 23.2 Å². The second-order valence-electron chi connectivity index (χ2n) is 10.4. The molecule has 2 unspecified atom stereocenters. The molecule has 10 nitrogen and oxygen atoms in total. The van der Waals surface area contributed by atoms with Crippen LogP contribution in [-0.4, -0.2) is 91.0 Å². The van der Waals surface area contributed by atoms with Crippen molar-refractivity contribution in [1.82, 2.24) is 19.9 Å². The predicted molar refractivity (Wildman–Crippen MR) is 150 cm³/mol. The summed E-state index contributed by atoms with van der Waals surface area (Å²) in [5.74, 6) is -1.49. The van der Waals surface area contributed by atoms with E-state index in [0.717, 1.165) is 6.07 Å². The van der Waals surface area contributed by atoms with Gasteiger partial charge in [-0.15, -0.1) is 0 Å². The van der Waals surface area contributed by atoms with Gasteiger partial charge in [-0.3, -0.25) is 14.5 Å². The highest BCUT2D eigenvalue weighted by Gasteiger charge is 2.38. The molecule has 1 amide bonds. The molecule has 230 valence electrons. The molecule has 4 heterocycles. The zero-order valence-corrected chi connectivity index (χ0v) is 23.4. The van der Waals surface area contributed by atoms with Crippen LogP contribution in [-0.2, 0) is 10.9 Å². The van der Waals surface area contributed by atoms with Crippen molar-refractivity contribution in [1.29, 1.82) is 0 Å². The predicted octanol–water partition coefficient (Wildman–Crippen LogP) is 3.56. The van der Waals surface area contributed by atoms with Crippen molar-refractivity contribution in [2.75, 3.05) is 68.1 Å². The van der Waals surface area contributed by atoms with Gasteiger partial charge in [0.15, 0.2) is 0 Å². The van der Waals surface area contributed by atoms with E-state index in [1.165, 1.54) is 18.5 Å². The number of hydrogen-bond acceptors (Lipinski definition) is 8. The first-order chi connectivity index (χ1) is 20.5. The third-order valence-corrected chi connectivity index (χ3v) is 7.68. The molecule has 5 rings (SSSR count). The van der Waals surface area contributed by atoms with Crippen LogP contribution in [0.4, 0.5) is 39.3 Å². The van der Waals surface area contributed by atoms with Gasteiger partial charge in [-0.05, 0) is 25.7 Å². The van der Waals surface area contributed by atoms with E-state index in [-0.39, 0.29) is 35.6 Å². The molecule has 2 aromatic heterocycles. The Morgan fingerprint density at radius 1 is 1.14 bits per heavy atom. The first-order valence-corrected chi connectivity index (χ1v) is 13.7. The van der Waals surface area contributed by atoms with Crippen molar-refractivity contribution in [3.63, 3.8) is 0 Å². The summed E-state index contributed by atoms with van der Waals surface area (Å²) in [7, 11) is 1.75. The highest BCUT2D eigenvalue weighted by molar-refractivity contribution is 6.07. The molecule has 2 N–H and O–H groups in total. The Morgan fingerprint density at radius 2 is 1.84 bits per heavy atom. The number of nitrogens with zero attached hydrogens (tertiary/aromatic N) is 5. The maximum absolute atomic E-state index is 15.7. The number of H-pyrrole nitrogens is 1. The number of aromatic nitrogens is 3. The minimum Gasteiger partial charge on any atom is -0.378 e. The summed E-state index contributed by atoms with van der Waals surface area (Å²) < 4.78 is 77.1. The molecule has 2 saturated heterocycles. The molecule has 1 aromatic carbocycles. The Hall–Kier alpha value is -4.11. The second kappa shape index (κ2) is 12.2. The highest BCUT2D eigenvalue weighted by atomic mass is 19.4. The average Bonchev–Trinajstić information content (AvgIpc) is 3.38. The molecule has 2 aliphatic heterocycles. The number of pyridine rings is 1. The lowest BCUT2D eigenvalue weighted by Crippen LogP contribution is -2.38. The number of benzene rings is 1. The van der Waals surface area contributed by atoms with Crippen LogP contribution in [0.1, 0.15) is 22.8 Å². The number of amides is 1. The van der Waals surface area contributed by atoms with Crippen molar-refractivity contribution in [2.24, 2.45) is 0 Å². The number of hydrogen-bond donors (Lipinski definition) is 2. The minimum absolute atomic E-state index is 0.0247. The standard InChI is InChI=1S/C28H30F5N7O3/c1-3-38(2)24-15-40(14-21(24)30)23-10-20(29)17(16-11-35-27(36-12-16)39-4-6-43-7-5-39)8-22(23)37-26(42)18-13-34-25(41)9-19(18)28(31,32)33/h8-13,21,24H,3-7,14-15H2,1-2H3,(H,34,41)(H,37,42). The van der Waals surface area contributed by atoms with Gasteiger partial charge in [0, 0.05) is 55.4 Å². The van der Waals surface area contributed by atoms with Crippen LogP contribution < -0.4 is 20.7 Å². The van der Waals surface area contributed by atoms with Gasteiger partial charge in [-0.2, -0.15) is 13.2 Å². The largest absolute Gasteiger partial charge is 0.417 e. The Labute approximate surface area is 243 Å². The molecule has 0 bridgehead atoms. The Bertz CT molecular complexity index is 1530. The fourth-order valence-electron chi connectivity index (χ4n) is 5.21. The molecule has 3 aromatic rings. The second-order valence-corrected chi connectivity index (χ2v) is 10.4. The zero-order valence-electron chi connectivity index (χ0n) is 23.4. The topological polar surface area (TPSA) is 107 Å². The molecule has 0 radical (unpaired) electrons. The molecular formula is C28H30F5N7O3. The van der Waals surface area contributed by atoms with Crippen LogP contribution in [0.2, 0.25) is 0 Å². The Morgan fingerprint density at radius 3 is 2.49 bits per heavy atom. The number of halogens is 5. The van der Waals surface area contributed by atoms with Gasteiger partial charge in [-0.25, -0.2) is 18.7 Å². The van der Waals surface area contributed by atoms with Gasteiger partial charge >= 0.3 is 6.18 Å². The van der Waals surface area contributed by atoms with Gasteiger partial charge in [0.25, 0.3) is 5.91 Å². The zero-order chi connectivity index (χ0) is 30.9. The number of likely N-dealkylation sites (N-methyl/N-ethyl adjacent to an activating group) is 1. The summed E-state index contributed by atoms with van der Waals surface area (Å²) >= 11 is 0. The molecule has 43 heavy (non-hydrogen) atoms. The third kappa shape index (κ3) is 6.46. The van der Waals surface area contributed by atoms with Crippen LogP contribution in [0.5, 0.6) is 0 Å². The number of carbonyl (C=O) groups is 1. The van der Waals surface area contributed by atoms with E-state index in [0.29, 0.717) is 51.1 Å². The van der Waals surface area contributed by atoms with Crippen molar-refractivity contribution < 1.29 is 31.5 Å². The first-order valence-electron chi connectivity index (χ1n) is 13.7. The van der Waals surface area contributed by atoms with Crippen LogP contribution in [0.3, 0.4) is 0 Å². The van der Waals surface area contributed by atoms with E-state index in [2.05, 4.69) is 20.3 Å². The maximum atomic E-state index is 15.7. The molecule has 0 aliphatic carbocycles. The van der Waals surface area contributed by atoms with E-state index in [1.807, 2.05) is 11.8 Å². The van der Waals surface area contributed by atoms with Crippen LogP contribution in [0.25, 0.3) is 11.1 Å². The number of alkyl halides is 4. The SMILES string of the molecule is CCN(C)C1CN(c2cc(F)c(-c3cnc(N4CCOCC4)nc3)cc2NC(=O)c2c[nH]c(=O)cc2C(F)(F)F)CC1F. The highest BCUT2D eigenvalue weighted by Crippen LogP contribution is 2.38. The normalized spacial score (nSPS) is 19.3. The van der Waals surface area contributed by atoms with E-state index < -0.39 is 46.8 Å². The molecule has 0 saturated carbocycles. The van der Waals surface area contributed by atoms with Gasteiger partial charge in [0.2, 0.25) is 11.5 Å². The summed E-state index contributed by atoms with van der Waals surface area (Å²) in [5, 5.41) is 2.44. The fourth-order valence-corrected chi connectivity index (χ4v) is 5.21. The van der Waals surface area contributed by atoms with Crippen molar-refractivity contribution in [3.05, 3.63) is 64.1 Å². The number of aromatic amines is 1. The number of carbonyl (C=O) groups excluding carboxylic acids is 1. The monoisotopic (exact) mass is 607 g/mol. The summed E-state index contributed by atoms with van der Waals surface area (Å²) in [6.07, 6.45) is -2.81. The molecular weight excluding hydrogens is 577 g/mol.